The molecule has 4 aromatic rings. The molecular weight excluding hydrogens is 602 g/mol. The first-order chi connectivity index (χ1) is 22.0. The highest BCUT2D eigenvalue weighted by atomic mass is 32.1. The van der Waals surface area contributed by atoms with E-state index in [9.17, 15) is 19.2 Å². The quantitative estimate of drug-likeness (QED) is 0.279. The number of amides is 4. The summed E-state index contributed by atoms with van der Waals surface area (Å²) in [5.41, 5.74) is 4.37. The lowest BCUT2D eigenvalue weighted by molar-refractivity contribution is -0.129. The molecule has 0 radical (unpaired) electrons. The lowest BCUT2D eigenvalue weighted by Gasteiger charge is -2.37. The van der Waals surface area contributed by atoms with Crippen molar-refractivity contribution in [2.75, 3.05) is 16.3 Å². The number of nitrogens with one attached hydrogen (secondary N) is 2. The maximum Gasteiger partial charge on any atom is 0.408 e. The van der Waals surface area contributed by atoms with Gasteiger partial charge in [-0.15, -0.1) is 0 Å². The van der Waals surface area contributed by atoms with Gasteiger partial charge in [0, 0.05) is 50.0 Å². The van der Waals surface area contributed by atoms with Crippen LogP contribution in [-0.2, 0) is 45.6 Å². The van der Waals surface area contributed by atoms with Crippen LogP contribution in [-0.4, -0.2) is 52.6 Å². The van der Waals surface area contributed by atoms with E-state index in [-0.39, 0.29) is 24.7 Å². The van der Waals surface area contributed by atoms with Crippen LogP contribution in [0.5, 0.6) is 0 Å². The molecule has 0 aliphatic carbocycles. The number of thiophene rings is 1. The minimum Gasteiger partial charge on any atom is -0.444 e. The second kappa shape index (κ2) is 12.6. The van der Waals surface area contributed by atoms with Gasteiger partial charge in [0.15, 0.2) is 0 Å². The number of fused-ring (bicyclic) bond motifs is 2. The molecule has 2 atom stereocenters. The van der Waals surface area contributed by atoms with E-state index in [0.717, 1.165) is 34.0 Å². The second-order valence-corrected chi connectivity index (χ2v) is 13.7. The number of anilines is 2. The minimum absolute atomic E-state index is 0.0382. The van der Waals surface area contributed by atoms with Crippen LogP contribution in [0.2, 0.25) is 0 Å². The highest BCUT2D eigenvalue weighted by Crippen LogP contribution is 2.40. The SMILES string of the molecule is Cn1cc(C[C@@H](NC(=O)OC(C)(C)C)C(=O)NC2Cc3cccc(N4CCCC4=O)c3N(Cc3ccsc3)C2=O)c2ccccc21. The second-order valence-electron chi connectivity index (χ2n) is 12.9. The molecular formula is C35H39N5O5S. The topological polar surface area (TPSA) is 113 Å². The Morgan fingerprint density at radius 3 is 2.61 bits per heavy atom. The molecule has 1 unspecified atom stereocenters. The van der Waals surface area contributed by atoms with Crippen molar-refractivity contribution in [2.24, 2.45) is 7.05 Å². The van der Waals surface area contributed by atoms with Crippen LogP contribution in [0.3, 0.4) is 0 Å². The molecule has 2 aliphatic heterocycles. The number of alkyl carbamates (subject to hydrolysis) is 1. The molecule has 1 fully saturated rings. The van der Waals surface area contributed by atoms with Crippen molar-refractivity contribution >= 4 is 57.4 Å². The van der Waals surface area contributed by atoms with Crippen molar-refractivity contribution in [3.63, 3.8) is 0 Å². The number of carbonyl (C=O) groups is 4. The van der Waals surface area contributed by atoms with Crippen LogP contribution in [0.25, 0.3) is 10.9 Å². The molecule has 2 N–H and O–H groups in total. The normalized spacial score (nSPS) is 17.3. The zero-order valence-electron chi connectivity index (χ0n) is 26.5. The number of ether oxygens (including phenoxy) is 1. The van der Waals surface area contributed by atoms with E-state index in [1.54, 1.807) is 41.9 Å². The zero-order chi connectivity index (χ0) is 32.6. The van der Waals surface area contributed by atoms with Gasteiger partial charge < -0.3 is 29.7 Å². The van der Waals surface area contributed by atoms with Crippen LogP contribution in [0.15, 0.2) is 65.5 Å². The molecule has 240 valence electrons. The molecule has 4 heterocycles. The van der Waals surface area contributed by atoms with E-state index in [2.05, 4.69) is 10.6 Å². The van der Waals surface area contributed by atoms with E-state index in [1.807, 2.05) is 77.1 Å². The highest BCUT2D eigenvalue weighted by Gasteiger charge is 2.39. The molecule has 0 saturated carbocycles. The van der Waals surface area contributed by atoms with Gasteiger partial charge in [0.25, 0.3) is 0 Å². The third kappa shape index (κ3) is 6.50. The average Bonchev–Trinajstić information content (AvgIpc) is 3.75. The summed E-state index contributed by atoms with van der Waals surface area (Å²) >= 11 is 1.54. The summed E-state index contributed by atoms with van der Waals surface area (Å²) < 4.78 is 7.50. The van der Waals surface area contributed by atoms with E-state index in [1.165, 1.54) is 0 Å². The van der Waals surface area contributed by atoms with Gasteiger partial charge in [0.2, 0.25) is 17.7 Å². The summed E-state index contributed by atoms with van der Waals surface area (Å²) in [5.74, 6) is -0.717. The van der Waals surface area contributed by atoms with Crippen LogP contribution >= 0.6 is 11.3 Å². The molecule has 2 aromatic heterocycles. The Hall–Kier alpha value is -4.64. The van der Waals surface area contributed by atoms with Crippen molar-refractivity contribution < 1.29 is 23.9 Å². The van der Waals surface area contributed by atoms with Crippen molar-refractivity contribution in [3.8, 4) is 0 Å². The third-order valence-corrected chi connectivity index (χ3v) is 9.10. The summed E-state index contributed by atoms with van der Waals surface area (Å²) in [4.78, 5) is 57.5. The molecule has 6 rings (SSSR count). The van der Waals surface area contributed by atoms with Gasteiger partial charge in [0.1, 0.15) is 17.7 Å². The monoisotopic (exact) mass is 641 g/mol. The summed E-state index contributed by atoms with van der Waals surface area (Å²) in [6, 6.07) is 13.7. The Kier molecular flexibility index (Phi) is 8.61. The standard InChI is InChI=1S/C35H39N5O5S/c1-35(2,3)45-34(44)37-26(18-24-20-38(4)28-11-6-5-10-25(24)28)32(42)36-27-17-23-9-7-12-29(39-15-8-13-30(39)41)31(23)40(33(27)43)19-22-14-16-46-21-22/h5-7,9-12,14,16,20-21,26-27H,8,13,15,17-19H2,1-4H3,(H,36,42)(H,37,44)/t26-,27?/m1/s1. The third-order valence-electron chi connectivity index (χ3n) is 8.37. The Morgan fingerprint density at radius 2 is 1.89 bits per heavy atom. The Balaban J connectivity index is 1.31. The molecule has 0 spiro atoms. The highest BCUT2D eigenvalue weighted by molar-refractivity contribution is 7.07. The zero-order valence-corrected chi connectivity index (χ0v) is 27.4. The van der Waals surface area contributed by atoms with E-state index < -0.39 is 29.7 Å². The Labute approximate surface area is 272 Å². The van der Waals surface area contributed by atoms with Gasteiger partial charge in [0.05, 0.1) is 17.9 Å². The van der Waals surface area contributed by atoms with Crippen molar-refractivity contribution in [2.45, 2.75) is 70.7 Å². The Morgan fingerprint density at radius 1 is 1.09 bits per heavy atom. The van der Waals surface area contributed by atoms with Crippen molar-refractivity contribution in [1.82, 2.24) is 15.2 Å². The van der Waals surface area contributed by atoms with Crippen LogP contribution in [0.1, 0.15) is 50.3 Å². The lowest BCUT2D eigenvalue weighted by atomic mass is 9.94. The van der Waals surface area contributed by atoms with Crippen molar-refractivity contribution in [1.29, 1.82) is 0 Å². The number of hydrogen-bond donors (Lipinski definition) is 2. The van der Waals surface area contributed by atoms with Gasteiger partial charge in [-0.05, 0) is 72.8 Å². The van der Waals surface area contributed by atoms with Gasteiger partial charge in [-0.1, -0.05) is 30.3 Å². The van der Waals surface area contributed by atoms with Crippen LogP contribution < -0.4 is 20.4 Å². The number of carbonyl (C=O) groups excluding carboxylic acids is 4. The minimum atomic E-state index is -1.01. The molecule has 10 nitrogen and oxygen atoms in total. The largest absolute Gasteiger partial charge is 0.444 e. The van der Waals surface area contributed by atoms with E-state index >= 15 is 0 Å². The predicted molar refractivity (Wildman–Crippen MR) is 179 cm³/mol. The molecule has 2 aromatic carbocycles. The molecule has 4 amide bonds. The van der Waals surface area contributed by atoms with Gasteiger partial charge in [-0.3, -0.25) is 14.4 Å². The first kappa shape index (κ1) is 31.3. The predicted octanol–water partition coefficient (Wildman–Crippen LogP) is 5.08. The number of rotatable bonds is 8. The molecule has 1 saturated heterocycles. The summed E-state index contributed by atoms with van der Waals surface area (Å²) in [7, 11) is 1.94. The Bertz CT molecular complexity index is 1790. The maximum atomic E-state index is 14.3. The number of aryl methyl sites for hydroxylation is 1. The number of hydrogen-bond acceptors (Lipinski definition) is 6. The first-order valence-electron chi connectivity index (χ1n) is 15.6. The summed E-state index contributed by atoms with van der Waals surface area (Å²) in [6.07, 6.45) is 2.93. The summed E-state index contributed by atoms with van der Waals surface area (Å²) in [5, 5.41) is 10.7. The van der Waals surface area contributed by atoms with Gasteiger partial charge in [-0.2, -0.15) is 11.3 Å². The average molecular weight is 642 g/mol. The summed E-state index contributed by atoms with van der Waals surface area (Å²) in [6.45, 7) is 6.18. The van der Waals surface area contributed by atoms with Gasteiger partial charge in [-0.25, -0.2) is 4.79 Å². The first-order valence-corrected chi connectivity index (χ1v) is 16.5. The fourth-order valence-corrected chi connectivity index (χ4v) is 7.01. The van der Waals surface area contributed by atoms with Crippen molar-refractivity contribution in [3.05, 3.63) is 82.2 Å². The van der Waals surface area contributed by atoms with E-state index in [4.69, 9.17) is 4.74 Å². The van der Waals surface area contributed by atoms with Crippen LogP contribution in [0.4, 0.5) is 16.2 Å². The number of aromatic nitrogens is 1. The van der Waals surface area contributed by atoms with Crippen LogP contribution in [0, 0.1) is 0 Å². The number of para-hydroxylation sites is 2. The fourth-order valence-electron chi connectivity index (χ4n) is 6.35. The molecule has 11 heteroatoms. The smallest absolute Gasteiger partial charge is 0.408 e. The fraction of sp³-hybridized carbons (Fsp3) is 0.371. The molecule has 2 aliphatic rings. The maximum absolute atomic E-state index is 14.3. The molecule has 0 bridgehead atoms. The molecule has 46 heavy (non-hydrogen) atoms. The lowest BCUT2D eigenvalue weighted by Crippen LogP contribution is -2.57. The number of nitrogens with zero attached hydrogens (tertiary/aromatic N) is 3. The van der Waals surface area contributed by atoms with Gasteiger partial charge >= 0.3 is 6.09 Å². The van der Waals surface area contributed by atoms with E-state index in [0.29, 0.717) is 30.9 Å². The number of benzene rings is 2.